The van der Waals surface area contributed by atoms with Crippen LogP contribution in [0.2, 0.25) is 0 Å². The van der Waals surface area contributed by atoms with E-state index < -0.39 is 0 Å². The molecule has 3 N–H and O–H groups in total. The van der Waals surface area contributed by atoms with E-state index in [1.807, 2.05) is 18.5 Å². The summed E-state index contributed by atoms with van der Waals surface area (Å²) in [4.78, 5) is 14.4. The number of aromatic nitrogens is 4. The third-order valence-electron chi connectivity index (χ3n) is 6.63. The largest absolute Gasteiger partial charge is 0.385 e. The van der Waals surface area contributed by atoms with Crippen LogP contribution in [0.4, 0.5) is 11.8 Å². The van der Waals surface area contributed by atoms with Gasteiger partial charge in [0.05, 0.1) is 6.54 Å². The second-order valence-electron chi connectivity index (χ2n) is 8.52. The molecule has 7 heteroatoms. The van der Waals surface area contributed by atoms with Gasteiger partial charge in [-0.1, -0.05) is 25.3 Å². The predicted octanol–water partition coefficient (Wildman–Crippen LogP) is 3.79. The Morgan fingerprint density at radius 3 is 2.93 bits per heavy atom. The third-order valence-corrected chi connectivity index (χ3v) is 6.63. The summed E-state index contributed by atoms with van der Waals surface area (Å²) >= 11 is 0. The van der Waals surface area contributed by atoms with Crippen molar-refractivity contribution in [2.24, 2.45) is 0 Å². The monoisotopic (exact) mass is 401 g/mol. The molecule has 0 saturated heterocycles. The van der Waals surface area contributed by atoms with Crippen molar-refractivity contribution in [3.63, 3.8) is 0 Å². The number of hydrogen-bond acceptors (Lipinski definition) is 6. The number of anilines is 2. The molecule has 6 rings (SSSR count). The Morgan fingerprint density at radius 1 is 1.07 bits per heavy atom. The van der Waals surface area contributed by atoms with Crippen molar-refractivity contribution in [1.82, 2.24) is 30.2 Å². The molecule has 5 heterocycles. The summed E-state index contributed by atoms with van der Waals surface area (Å²) < 4.78 is 2.49. The maximum atomic E-state index is 4.99. The summed E-state index contributed by atoms with van der Waals surface area (Å²) in [6.07, 6.45) is 13.5. The maximum Gasteiger partial charge on any atom is 0.230 e. The van der Waals surface area contributed by atoms with Gasteiger partial charge in [-0.3, -0.25) is 0 Å². The van der Waals surface area contributed by atoms with Crippen LogP contribution in [0.1, 0.15) is 60.7 Å². The summed E-state index contributed by atoms with van der Waals surface area (Å²) in [5.74, 6) is 1.44. The molecule has 7 nitrogen and oxygen atoms in total. The Kier molecular flexibility index (Phi) is 4.41. The van der Waals surface area contributed by atoms with Crippen LogP contribution in [-0.2, 0) is 19.5 Å². The topological polar surface area (TPSA) is 79.7 Å². The molecule has 0 unspecified atom stereocenters. The first-order valence-electron chi connectivity index (χ1n) is 11.1. The van der Waals surface area contributed by atoms with Crippen molar-refractivity contribution < 1.29 is 0 Å². The molecule has 154 valence electrons. The Bertz CT molecular complexity index is 1120. The van der Waals surface area contributed by atoms with Crippen molar-refractivity contribution in [3.8, 4) is 0 Å². The van der Waals surface area contributed by atoms with Crippen LogP contribution in [0.15, 0.2) is 24.5 Å². The average Bonchev–Trinajstić information content (AvgIpc) is 3.13. The van der Waals surface area contributed by atoms with Crippen molar-refractivity contribution in [3.05, 3.63) is 47.0 Å². The Labute approximate surface area is 176 Å². The highest BCUT2D eigenvalue weighted by atomic mass is 15.2. The summed E-state index contributed by atoms with van der Waals surface area (Å²) in [7, 11) is 0. The van der Waals surface area contributed by atoms with Gasteiger partial charge in [-0.15, -0.1) is 0 Å². The molecule has 0 atom stereocenters. The third kappa shape index (κ3) is 3.04. The molecule has 0 spiro atoms. The molecule has 2 aliphatic heterocycles. The summed E-state index contributed by atoms with van der Waals surface area (Å²) in [6.45, 7) is 2.73. The van der Waals surface area contributed by atoms with E-state index in [1.165, 1.54) is 48.9 Å². The lowest BCUT2D eigenvalue weighted by molar-refractivity contribution is 0.352. The first-order valence-corrected chi connectivity index (χ1v) is 11.1. The molecule has 1 fully saturated rings. The Morgan fingerprint density at radius 2 is 2.00 bits per heavy atom. The van der Waals surface area contributed by atoms with E-state index in [4.69, 9.17) is 9.97 Å². The molecule has 0 radical (unpaired) electrons. The molecule has 3 aromatic rings. The summed E-state index contributed by atoms with van der Waals surface area (Å²) in [5, 5.41) is 11.3. The fourth-order valence-corrected chi connectivity index (χ4v) is 5.14. The Hall–Kier alpha value is -2.93. The van der Waals surface area contributed by atoms with Gasteiger partial charge in [0.1, 0.15) is 11.5 Å². The highest BCUT2D eigenvalue weighted by Gasteiger charge is 2.25. The molecule has 30 heavy (non-hydrogen) atoms. The van der Waals surface area contributed by atoms with Crippen LogP contribution in [0, 0.1) is 0 Å². The molecule has 0 aromatic carbocycles. The van der Waals surface area contributed by atoms with E-state index >= 15 is 0 Å². The van der Waals surface area contributed by atoms with Crippen LogP contribution in [0.25, 0.3) is 17.1 Å². The molecule has 3 aliphatic rings. The molecule has 1 saturated carbocycles. The molecule has 1 aliphatic carbocycles. The minimum atomic E-state index is 0.524. The highest BCUT2D eigenvalue weighted by molar-refractivity contribution is 5.89. The van der Waals surface area contributed by atoms with Gasteiger partial charge < -0.3 is 20.5 Å². The zero-order valence-electron chi connectivity index (χ0n) is 17.1. The van der Waals surface area contributed by atoms with Crippen LogP contribution < -0.4 is 16.0 Å². The second kappa shape index (κ2) is 7.40. The second-order valence-corrected chi connectivity index (χ2v) is 8.52. The van der Waals surface area contributed by atoms with Crippen molar-refractivity contribution in [2.45, 2.75) is 57.7 Å². The fraction of sp³-hybridized carbons (Fsp3) is 0.435. The molecule has 3 aromatic heterocycles. The van der Waals surface area contributed by atoms with Gasteiger partial charge in [0.15, 0.2) is 0 Å². The van der Waals surface area contributed by atoms with E-state index in [2.05, 4.69) is 37.6 Å². The average molecular weight is 402 g/mol. The van der Waals surface area contributed by atoms with E-state index in [1.54, 1.807) is 0 Å². The van der Waals surface area contributed by atoms with E-state index in [0.29, 0.717) is 12.0 Å². The van der Waals surface area contributed by atoms with Gasteiger partial charge in [0.25, 0.3) is 0 Å². The van der Waals surface area contributed by atoms with Gasteiger partial charge in [0, 0.05) is 54.1 Å². The summed E-state index contributed by atoms with van der Waals surface area (Å²) in [6, 6.07) is 4.70. The quantitative estimate of drug-likeness (QED) is 0.620. The van der Waals surface area contributed by atoms with Gasteiger partial charge in [-0.25, -0.2) is 9.97 Å². The van der Waals surface area contributed by atoms with Gasteiger partial charge >= 0.3 is 0 Å². The zero-order chi connectivity index (χ0) is 19.9. The zero-order valence-corrected chi connectivity index (χ0v) is 17.1. The van der Waals surface area contributed by atoms with E-state index in [0.717, 1.165) is 48.6 Å². The van der Waals surface area contributed by atoms with Gasteiger partial charge in [-0.05, 0) is 36.7 Å². The predicted molar refractivity (Wildman–Crippen MR) is 118 cm³/mol. The lowest BCUT2D eigenvalue weighted by atomic mass is 9.95. The van der Waals surface area contributed by atoms with Crippen molar-refractivity contribution in [2.75, 3.05) is 11.9 Å². The molecular weight excluding hydrogens is 374 g/mol. The Balaban J connectivity index is 1.40. The SMILES string of the molecule is C1=Cc2c(n(C3CCCCC3)c3nc(Nc4ccc5c(n4)CCNC5)ncc23)CN1. The van der Waals surface area contributed by atoms with Crippen LogP contribution in [0.3, 0.4) is 0 Å². The minimum Gasteiger partial charge on any atom is -0.385 e. The van der Waals surface area contributed by atoms with E-state index in [-0.39, 0.29) is 0 Å². The van der Waals surface area contributed by atoms with Crippen LogP contribution in [-0.4, -0.2) is 26.1 Å². The number of nitrogens with one attached hydrogen (secondary N) is 3. The number of rotatable bonds is 3. The van der Waals surface area contributed by atoms with Gasteiger partial charge in [0.2, 0.25) is 5.95 Å². The fourth-order valence-electron chi connectivity index (χ4n) is 5.14. The first-order chi connectivity index (χ1) is 14.9. The number of hydrogen-bond donors (Lipinski definition) is 3. The van der Waals surface area contributed by atoms with Crippen molar-refractivity contribution >= 4 is 28.9 Å². The van der Waals surface area contributed by atoms with Crippen LogP contribution in [0.5, 0.6) is 0 Å². The standard InChI is InChI=1S/C23H27N7/c1-2-4-16(5-3-1)30-20-14-25-10-8-17(20)18-13-26-23(29-22(18)30)28-21-7-6-15-12-24-11-9-19(15)27-21/h6-8,10,13,16,24-25H,1-5,9,11-12,14H2,(H,26,27,28,29). The number of nitrogens with zero attached hydrogens (tertiary/aromatic N) is 4. The number of fused-ring (bicyclic) bond motifs is 4. The minimum absolute atomic E-state index is 0.524. The molecule has 0 bridgehead atoms. The highest BCUT2D eigenvalue weighted by Crippen LogP contribution is 2.37. The first kappa shape index (κ1) is 17.9. The normalized spacial score (nSPS) is 18.7. The maximum absolute atomic E-state index is 4.99. The lowest BCUT2D eigenvalue weighted by Gasteiger charge is -2.26. The molecular formula is C23H27N7. The summed E-state index contributed by atoms with van der Waals surface area (Å²) in [5.41, 5.74) is 6.09. The smallest absolute Gasteiger partial charge is 0.230 e. The molecule has 0 amide bonds. The van der Waals surface area contributed by atoms with Crippen LogP contribution >= 0.6 is 0 Å². The van der Waals surface area contributed by atoms with Gasteiger partial charge in [-0.2, -0.15) is 4.98 Å². The number of pyridine rings is 1. The van der Waals surface area contributed by atoms with Crippen molar-refractivity contribution in [1.29, 1.82) is 0 Å². The van der Waals surface area contributed by atoms with E-state index in [9.17, 15) is 0 Å². The lowest BCUT2D eigenvalue weighted by Crippen LogP contribution is -2.24.